The molecule has 1 N–H and O–H groups in total. The van der Waals surface area contributed by atoms with Gasteiger partial charge in [0.15, 0.2) is 0 Å². The highest BCUT2D eigenvalue weighted by Crippen LogP contribution is 2.36. The van der Waals surface area contributed by atoms with Gasteiger partial charge in [-0.2, -0.15) is 0 Å². The number of piperazine rings is 1. The van der Waals surface area contributed by atoms with E-state index < -0.39 is 0 Å². The molecule has 2 aromatic heterocycles. The summed E-state index contributed by atoms with van der Waals surface area (Å²) in [7, 11) is 0. The molecule has 0 spiro atoms. The van der Waals surface area contributed by atoms with Crippen LogP contribution in [0.5, 0.6) is 11.5 Å². The summed E-state index contributed by atoms with van der Waals surface area (Å²) in [6.07, 6.45) is 1.60. The smallest absolute Gasteiger partial charge is 0.266 e. The zero-order valence-corrected chi connectivity index (χ0v) is 21.8. The Morgan fingerprint density at radius 1 is 0.816 bits per heavy atom. The number of fused-ring (bicyclic) bond motifs is 1. The molecule has 5 aromatic rings. The number of rotatable bonds is 6. The molecule has 1 amide bonds. The molecule has 190 valence electrons. The van der Waals surface area contributed by atoms with E-state index in [2.05, 4.69) is 49.4 Å². The number of anilines is 3. The van der Waals surface area contributed by atoms with E-state index in [0.717, 1.165) is 53.5 Å². The summed E-state index contributed by atoms with van der Waals surface area (Å²) in [6, 6.07) is 27.5. The van der Waals surface area contributed by atoms with Crippen molar-refractivity contribution < 1.29 is 9.53 Å². The first-order chi connectivity index (χ1) is 18.7. The van der Waals surface area contributed by atoms with E-state index in [-0.39, 0.29) is 5.91 Å². The second-order valence-corrected chi connectivity index (χ2v) is 10.1. The van der Waals surface area contributed by atoms with Crippen molar-refractivity contribution >= 4 is 44.7 Å². The zero-order valence-electron chi connectivity index (χ0n) is 21.0. The predicted octanol–water partition coefficient (Wildman–Crippen LogP) is 6.37. The van der Waals surface area contributed by atoms with E-state index in [1.807, 2.05) is 67.6 Å². The Balaban J connectivity index is 1.17. The average molecular weight is 522 g/mol. The van der Waals surface area contributed by atoms with Gasteiger partial charge in [0, 0.05) is 37.6 Å². The highest BCUT2D eigenvalue weighted by molar-refractivity contribution is 7.20. The Morgan fingerprint density at radius 3 is 2.16 bits per heavy atom. The molecule has 0 unspecified atom stereocenters. The van der Waals surface area contributed by atoms with Crippen LogP contribution in [0.15, 0.2) is 91.3 Å². The average Bonchev–Trinajstić information content (AvgIpc) is 3.32. The van der Waals surface area contributed by atoms with Gasteiger partial charge in [-0.25, -0.2) is 9.97 Å². The predicted molar refractivity (Wildman–Crippen MR) is 154 cm³/mol. The number of aryl methyl sites for hydroxylation is 1. The number of para-hydroxylation sites is 2. The van der Waals surface area contributed by atoms with Gasteiger partial charge in [-0.15, -0.1) is 11.3 Å². The van der Waals surface area contributed by atoms with Gasteiger partial charge >= 0.3 is 0 Å². The molecule has 38 heavy (non-hydrogen) atoms. The monoisotopic (exact) mass is 521 g/mol. The van der Waals surface area contributed by atoms with Crippen molar-refractivity contribution in [2.24, 2.45) is 0 Å². The normalized spacial score (nSPS) is 13.5. The number of aromatic nitrogens is 2. The van der Waals surface area contributed by atoms with Crippen molar-refractivity contribution in [2.75, 3.05) is 41.3 Å². The highest BCUT2D eigenvalue weighted by Gasteiger charge is 2.24. The number of hydrogen-bond acceptors (Lipinski definition) is 7. The maximum atomic E-state index is 13.3. The number of carbonyl (C=O) groups is 1. The molecule has 1 aliphatic heterocycles. The molecule has 6 rings (SSSR count). The summed E-state index contributed by atoms with van der Waals surface area (Å²) in [5.74, 6) is 2.23. The number of thiophene rings is 1. The van der Waals surface area contributed by atoms with E-state index in [4.69, 9.17) is 4.74 Å². The minimum absolute atomic E-state index is 0.151. The molecule has 1 saturated heterocycles. The lowest BCUT2D eigenvalue weighted by Gasteiger charge is -2.37. The summed E-state index contributed by atoms with van der Waals surface area (Å²) in [4.78, 5) is 28.6. The maximum Gasteiger partial charge on any atom is 0.266 e. The topological polar surface area (TPSA) is 70.6 Å². The van der Waals surface area contributed by atoms with Gasteiger partial charge in [0.2, 0.25) is 0 Å². The minimum Gasteiger partial charge on any atom is -0.457 e. The third kappa shape index (κ3) is 4.90. The molecule has 1 aliphatic rings. The lowest BCUT2D eigenvalue weighted by Crippen LogP contribution is -2.46. The van der Waals surface area contributed by atoms with Crippen molar-refractivity contribution in [1.29, 1.82) is 0 Å². The molecule has 3 heterocycles. The summed E-state index contributed by atoms with van der Waals surface area (Å²) in [5.41, 5.74) is 2.86. The standard InChI is InChI=1S/C30H27N5O2S/c1-21-26-28(35-18-16-34(17-19-35)23-8-4-2-5-9-23)31-20-32-30(26)38-27(21)29(36)33-22-12-14-25(15-13-22)37-24-10-6-3-7-11-24/h2-15,20H,16-19H2,1H3,(H,33,36). The van der Waals surface area contributed by atoms with Crippen molar-refractivity contribution in [3.8, 4) is 11.5 Å². The molecule has 0 aliphatic carbocycles. The number of nitrogens with zero attached hydrogens (tertiary/aromatic N) is 4. The molecular formula is C30H27N5O2S. The molecule has 0 radical (unpaired) electrons. The lowest BCUT2D eigenvalue weighted by atomic mass is 10.1. The van der Waals surface area contributed by atoms with Crippen LogP contribution >= 0.6 is 11.3 Å². The van der Waals surface area contributed by atoms with Gasteiger partial charge in [0.05, 0.1) is 10.3 Å². The maximum absolute atomic E-state index is 13.3. The van der Waals surface area contributed by atoms with Gasteiger partial charge in [0.1, 0.15) is 28.5 Å². The number of nitrogens with one attached hydrogen (secondary N) is 1. The van der Waals surface area contributed by atoms with Crippen LogP contribution in [0.4, 0.5) is 17.2 Å². The van der Waals surface area contributed by atoms with E-state index in [0.29, 0.717) is 16.3 Å². The van der Waals surface area contributed by atoms with Crippen LogP contribution in [-0.2, 0) is 0 Å². The van der Waals surface area contributed by atoms with Crippen LogP contribution in [0.25, 0.3) is 10.2 Å². The fraction of sp³-hybridized carbons (Fsp3) is 0.167. The second kappa shape index (κ2) is 10.5. The third-order valence-electron chi connectivity index (χ3n) is 6.70. The highest BCUT2D eigenvalue weighted by atomic mass is 32.1. The fourth-order valence-corrected chi connectivity index (χ4v) is 5.78. The number of carbonyl (C=O) groups excluding carboxylic acids is 1. The SMILES string of the molecule is Cc1c(C(=O)Nc2ccc(Oc3ccccc3)cc2)sc2ncnc(N3CCN(c4ccccc4)CC3)c12. The molecule has 8 heteroatoms. The molecule has 0 atom stereocenters. The lowest BCUT2D eigenvalue weighted by molar-refractivity contribution is 0.103. The first kappa shape index (κ1) is 23.9. The largest absolute Gasteiger partial charge is 0.457 e. The van der Waals surface area contributed by atoms with Crippen molar-refractivity contribution in [3.63, 3.8) is 0 Å². The summed E-state index contributed by atoms with van der Waals surface area (Å²) in [6.45, 7) is 5.52. The minimum atomic E-state index is -0.151. The van der Waals surface area contributed by atoms with Crippen molar-refractivity contribution in [1.82, 2.24) is 9.97 Å². The van der Waals surface area contributed by atoms with E-state index in [1.165, 1.54) is 17.0 Å². The van der Waals surface area contributed by atoms with E-state index in [1.54, 1.807) is 6.33 Å². The molecule has 0 bridgehead atoms. The summed E-state index contributed by atoms with van der Waals surface area (Å²) >= 11 is 1.41. The first-order valence-corrected chi connectivity index (χ1v) is 13.4. The van der Waals surface area contributed by atoms with Crippen LogP contribution in [0.3, 0.4) is 0 Å². The van der Waals surface area contributed by atoms with Gasteiger partial charge in [0.25, 0.3) is 5.91 Å². The van der Waals surface area contributed by atoms with Crippen molar-refractivity contribution in [3.05, 3.63) is 102 Å². The van der Waals surface area contributed by atoms with Gasteiger partial charge in [-0.05, 0) is 61.0 Å². The number of benzene rings is 3. The van der Waals surface area contributed by atoms with E-state index in [9.17, 15) is 4.79 Å². The Labute approximate surface area is 225 Å². The molecule has 0 saturated carbocycles. The van der Waals surface area contributed by atoms with Gasteiger partial charge in [-0.3, -0.25) is 4.79 Å². The molecule has 1 fully saturated rings. The summed E-state index contributed by atoms with van der Waals surface area (Å²) in [5, 5.41) is 3.98. The molecule has 3 aromatic carbocycles. The molecule has 7 nitrogen and oxygen atoms in total. The number of hydrogen-bond donors (Lipinski definition) is 1. The van der Waals surface area contributed by atoms with Crippen molar-refractivity contribution in [2.45, 2.75) is 6.92 Å². The Morgan fingerprint density at radius 2 is 1.45 bits per heavy atom. The first-order valence-electron chi connectivity index (χ1n) is 12.6. The Hall–Kier alpha value is -4.43. The summed E-state index contributed by atoms with van der Waals surface area (Å²) < 4.78 is 5.85. The zero-order chi connectivity index (χ0) is 25.9. The Bertz CT molecular complexity index is 1550. The number of amides is 1. The molecular weight excluding hydrogens is 494 g/mol. The fourth-order valence-electron chi connectivity index (χ4n) is 4.74. The van der Waals surface area contributed by atoms with Crippen LogP contribution < -0.4 is 19.9 Å². The van der Waals surface area contributed by atoms with Gasteiger partial charge < -0.3 is 19.9 Å². The van der Waals surface area contributed by atoms with E-state index >= 15 is 0 Å². The van der Waals surface area contributed by atoms with Crippen LogP contribution in [-0.4, -0.2) is 42.1 Å². The quantitative estimate of drug-likeness (QED) is 0.280. The third-order valence-corrected chi connectivity index (χ3v) is 7.90. The van der Waals surface area contributed by atoms with Crippen LogP contribution in [0.1, 0.15) is 15.2 Å². The van der Waals surface area contributed by atoms with Crippen LogP contribution in [0.2, 0.25) is 0 Å². The second-order valence-electron chi connectivity index (χ2n) is 9.14. The van der Waals surface area contributed by atoms with Gasteiger partial charge in [-0.1, -0.05) is 36.4 Å². The Kier molecular flexibility index (Phi) is 6.62. The van der Waals surface area contributed by atoms with Crippen LogP contribution in [0, 0.1) is 6.92 Å². The number of ether oxygens (including phenoxy) is 1.